The van der Waals surface area contributed by atoms with Gasteiger partial charge in [-0.3, -0.25) is 4.79 Å². The highest BCUT2D eigenvalue weighted by molar-refractivity contribution is 5.91. The fourth-order valence-corrected chi connectivity index (χ4v) is 4.22. The normalized spacial score (nSPS) is 14.6. The van der Waals surface area contributed by atoms with Gasteiger partial charge in [0, 0.05) is 28.9 Å². The molecule has 0 radical (unpaired) electrons. The summed E-state index contributed by atoms with van der Waals surface area (Å²) < 4.78 is 5.17. The summed E-state index contributed by atoms with van der Waals surface area (Å²) in [5, 5.41) is 6.94. The first kappa shape index (κ1) is 21.1. The van der Waals surface area contributed by atoms with E-state index in [9.17, 15) is 4.79 Å². The predicted molar refractivity (Wildman–Crippen MR) is 122 cm³/mol. The van der Waals surface area contributed by atoms with Crippen LogP contribution in [0.2, 0.25) is 0 Å². The minimum atomic E-state index is 0.00544. The van der Waals surface area contributed by atoms with Gasteiger partial charge in [-0.2, -0.15) is 0 Å². The maximum atomic E-state index is 12.3. The number of piperazine rings is 1. The summed E-state index contributed by atoms with van der Waals surface area (Å²) in [6.45, 7) is 9.24. The second-order valence-electron chi connectivity index (χ2n) is 8.30. The molecule has 0 spiro atoms. The van der Waals surface area contributed by atoms with E-state index in [2.05, 4.69) is 57.8 Å². The van der Waals surface area contributed by atoms with E-state index in [0.717, 1.165) is 55.4 Å². The Morgan fingerprint density at radius 3 is 2.42 bits per heavy atom. The van der Waals surface area contributed by atoms with Crippen molar-refractivity contribution in [1.29, 1.82) is 0 Å². The van der Waals surface area contributed by atoms with Crippen molar-refractivity contribution in [2.75, 3.05) is 36.4 Å². The summed E-state index contributed by atoms with van der Waals surface area (Å²) in [5.41, 5.74) is 5.34. The molecule has 0 aliphatic carbocycles. The third-order valence-corrected chi connectivity index (χ3v) is 6.07. The van der Waals surface area contributed by atoms with Crippen molar-refractivity contribution < 1.29 is 14.2 Å². The molecule has 1 aromatic heterocycles. The highest BCUT2D eigenvalue weighted by Crippen LogP contribution is 2.19. The lowest BCUT2D eigenvalue weighted by Gasteiger charge is -2.33. The van der Waals surface area contributed by atoms with Crippen LogP contribution in [0.25, 0.3) is 0 Å². The van der Waals surface area contributed by atoms with Crippen LogP contribution >= 0.6 is 0 Å². The first-order valence-electron chi connectivity index (χ1n) is 11.0. The summed E-state index contributed by atoms with van der Waals surface area (Å²) in [7, 11) is 0. The minimum absolute atomic E-state index is 0.00544. The Morgan fingerprint density at radius 1 is 1.06 bits per heavy atom. The third-order valence-electron chi connectivity index (χ3n) is 6.07. The number of benzene rings is 2. The van der Waals surface area contributed by atoms with Gasteiger partial charge in [-0.25, -0.2) is 0 Å². The van der Waals surface area contributed by atoms with Crippen molar-refractivity contribution in [3.05, 3.63) is 77.2 Å². The van der Waals surface area contributed by atoms with Crippen LogP contribution in [0.5, 0.6) is 0 Å². The van der Waals surface area contributed by atoms with E-state index >= 15 is 0 Å². The zero-order valence-corrected chi connectivity index (χ0v) is 18.4. The molecule has 1 aliphatic rings. The molecule has 6 nitrogen and oxygen atoms in total. The molecule has 2 heterocycles. The zero-order chi connectivity index (χ0) is 21.6. The van der Waals surface area contributed by atoms with Gasteiger partial charge in [-0.15, -0.1) is 0 Å². The van der Waals surface area contributed by atoms with Crippen molar-refractivity contribution in [1.82, 2.24) is 5.16 Å². The molecule has 2 N–H and O–H groups in total. The van der Waals surface area contributed by atoms with Crippen LogP contribution in [0, 0.1) is 13.8 Å². The highest BCUT2D eigenvalue weighted by atomic mass is 16.5. The second-order valence-corrected chi connectivity index (χ2v) is 8.30. The first-order valence-corrected chi connectivity index (χ1v) is 11.0. The predicted octanol–water partition coefficient (Wildman–Crippen LogP) is 2.77. The Hall–Kier alpha value is -3.12. The van der Waals surface area contributed by atoms with Gasteiger partial charge in [0.2, 0.25) is 5.91 Å². The van der Waals surface area contributed by atoms with E-state index < -0.39 is 0 Å². The Labute approximate surface area is 183 Å². The van der Waals surface area contributed by atoms with Crippen LogP contribution in [-0.2, 0) is 17.8 Å². The molecule has 0 saturated carbocycles. The number of nitrogens with zero attached hydrogens (tertiary/aromatic N) is 2. The van der Waals surface area contributed by atoms with Crippen LogP contribution < -0.4 is 15.1 Å². The number of anilines is 2. The average Bonchev–Trinajstić information content (AvgIpc) is 3.11. The number of aryl methyl sites for hydroxylation is 2. The lowest BCUT2D eigenvalue weighted by atomic mass is 10.1. The number of carbonyl (C=O) groups is 1. The van der Waals surface area contributed by atoms with Crippen molar-refractivity contribution in [3.8, 4) is 0 Å². The number of amides is 1. The second kappa shape index (κ2) is 9.79. The van der Waals surface area contributed by atoms with E-state index in [-0.39, 0.29) is 5.91 Å². The van der Waals surface area contributed by atoms with Gasteiger partial charge in [0.1, 0.15) is 12.3 Å². The molecule has 6 heteroatoms. The van der Waals surface area contributed by atoms with E-state index in [1.54, 1.807) is 4.90 Å². The largest absolute Gasteiger partial charge is 0.361 e. The molecule has 1 amide bonds. The van der Waals surface area contributed by atoms with E-state index in [1.165, 1.54) is 11.3 Å². The average molecular weight is 420 g/mol. The van der Waals surface area contributed by atoms with Gasteiger partial charge in [0.15, 0.2) is 0 Å². The van der Waals surface area contributed by atoms with Gasteiger partial charge in [-0.05, 0) is 44.5 Å². The molecule has 1 fully saturated rings. The van der Waals surface area contributed by atoms with Crippen LogP contribution in [-0.4, -0.2) is 37.2 Å². The van der Waals surface area contributed by atoms with Crippen molar-refractivity contribution in [2.45, 2.75) is 33.2 Å². The third kappa shape index (κ3) is 5.52. The Balaban J connectivity index is 1.24. The Morgan fingerprint density at radius 2 is 1.77 bits per heavy atom. The molecular weight excluding hydrogens is 388 g/mol. The number of nitrogens with one attached hydrogen (secondary N) is 2. The first-order chi connectivity index (χ1) is 15.1. The molecule has 0 bridgehead atoms. The van der Waals surface area contributed by atoms with Gasteiger partial charge in [-0.1, -0.05) is 35.5 Å². The molecule has 31 heavy (non-hydrogen) atoms. The highest BCUT2D eigenvalue weighted by Gasteiger charge is 2.20. The van der Waals surface area contributed by atoms with E-state index in [4.69, 9.17) is 4.52 Å². The molecule has 3 aromatic rings. The number of hydrogen-bond acceptors (Lipinski definition) is 4. The fraction of sp³-hybridized carbons (Fsp3) is 0.360. The molecule has 1 aliphatic heterocycles. The van der Waals surface area contributed by atoms with Crippen LogP contribution in [0.3, 0.4) is 0 Å². The van der Waals surface area contributed by atoms with Gasteiger partial charge >= 0.3 is 0 Å². The van der Waals surface area contributed by atoms with Gasteiger partial charge < -0.3 is 19.6 Å². The lowest BCUT2D eigenvalue weighted by molar-refractivity contribution is -0.914. The van der Waals surface area contributed by atoms with Gasteiger partial charge in [0.25, 0.3) is 0 Å². The maximum absolute atomic E-state index is 12.3. The SMILES string of the molecule is Cc1noc(C)c1CCC(=O)Nc1ccc(N2CC[NH+](Cc3ccccc3)CC2)cc1. The Bertz CT molecular complexity index is 971. The molecule has 1 saturated heterocycles. The molecule has 4 rings (SSSR count). The van der Waals surface area contributed by atoms with Crippen LogP contribution in [0.15, 0.2) is 59.1 Å². The molecule has 2 aromatic carbocycles. The number of hydrogen-bond donors (Lipinski definition) is 2. The summed E-state index contributed by atoms with van der Waals surface area (Å²) in [5.74, 6) is 0.797. The summed E-state index contributed by atoms with van der Waals surface area (Å²) >= 11 is 0. The Kier molecular flexibility index (Phi) is 6.67. The van der Waals surface area contributed by atoms with E-state index in [1.807, 2.05) is 26.0 Å². The number of aromatic nitrogens is 1. The summed E-state index contributed by atoms with van der Waals surface area (Å²) in [6, 6.07) is 18.9. The molecule has 0 unspecified atom stereocenters. The lowest BCUT2D eigenvalue weighted by Crippen LogP contribution is -3.13. The van der Waals surface area contributed by atoms with Crippen molar-refractivity contribution >= 4 is 17.3 Å². The van der Waals surface area contributed by atoms with Crippen LogP contribution in [0.4, 0.5) is 11.4 Å². The zero-order valence-electron chi connectivity index (χ0n) is 18.4. The molecule has 162 valence electrons. The smallest absolute Gasteiger partial charge is 0.224 e. The number of carbonyl (C=O) groups excluding carboxylic acids is 1. The van der Waals surface area contributed by atoms with Crippen molar-refractivity contribution in [3.63, 3.8) is 0 Å². The standard InChI is InChI=1S/C25H30N4O2/c1-19-24(20(2)31-27-19)12-13-25(30)26-22-8-10-23(11-9-22)29-16-14-28(15-17-29)18-21-6-4-3-5-7-21/h3-11H,12-18H2,1-2H3,(H,26,30)/p+1. The quantitative estimate of drug-likeness (QED) is 0.618. The van der Waals surface area contributed by atoms with E-state index in [0.29, 0.717) is 12.8 Å². The fourth-order valence-electron chi connectivity index (χ4n) is 4.22. The summed E-state index contributed by atoms with van der Waals surface area (Å²) in [6.07, 6.45) is 1.05. The monoisotopic (exact) mass is 419 g/mol. The topological polar surface area (TPSA) is 62.8 Å². The molecule has 0 atom stereocenters. The van der Waals surface area contributed by atoms with Crippen LogP contribution in [0.1, 0.15) is 29.0 Å². The van der Waals surface area contributed by atoms with Crippen molar-refractivity contribution in [2.24, 2.45) is 0 Å². The number of quaternary nitrogens is 1. The number of rotatable bonds is 7. The maximum Gasteiger partial charge on any atom is 0.224 e. The van der Waals surface area contributed by atoms with Gasteiger partial charge in [0.05, 0.1) is 31.9 Å². The molecular formula is C25H31N4O2+. The minimum Gasteiger partial charge on any atom is -0.361 e. The summed E-state index contributed by atoms with van der Waals surface area (Å²) in [4.78, 5) is 16.4.